The molecular formula is C27H57NO6P+. The Morgan fingerprint density at radius 1 is 0.800 bits per heavy atom. The average molecular weight is 523 g/mol. The highest BCUT2D eigenvalue weighted by atomic mass is 31.2. The summed E-state index contributed by atoms with van der Waals surface area (Å²) >= 11 is 0. The Bertz CT molecular complexity index is 532. The molecule has 2 atom stereocenters. The molecule has 210 valence electrons. The second-order valence-electron chi connectivity index (χ2n) is 10.2. The Hall–Kier alpha value is -0.460. The van der Waals surface area contributed by atoms with Crippen LogP contribution in [0.25, 0.3) is 0 Å². The van der Waals surface area contributed by atoms with Gasteiger partial charge in [-0.05, 0) is 19.3 Å². The van der Waals surface area contributed by atoms with Crippen molar-refractivity contribution in [2.75, 3.05) is 46.6 Å². The summed E-state index contributed by atoms with van der Waals surface area (Å²) in [5.74, 6) is -0.444. The zero-order valence-corrected chi connectivity index (χ0v) is 24.3. The van der Waals surface area contributed by atoms with E-state index in [4.69, 9.17) is 14.0 Å². The lowest BCUT2D eigenvalue weighted by molar-refractivity contribution is -0.858. The van der Waals surface area contributed by atoms with Crippen LogP contribution in [0.4, 0.5) is 0 Å². The van der Waals surface area contributed by atoms with Crippen molar-refractivity contribution in [3.63, 3.8) is 0 Å². The Balaban J connectivity index is 3.74. The van der Waals surface area contributed by atoms with Gasteiger partial charge in [-0.3, -0.25) is 9.36 Å². The molecule has 0 radical (unpaired) electrons. The molecule has 2 unspecified atom stereocenters. The van der Waals surface area contributed by atoms with E-state index in [2.05, 4.69) is 21.0 Å². The van der Waals surface area contributed by atoms with Gasteiger partial charge in [-0.25, -0.2) is 0 Å². The van der Waals surface area contributed by atoms with E-state index in [1.54, 1.807) is 0 Å². The number of ether oxygens (including phenoxy) is 2. The van der Waals surface area contributed by atoms with Gasteiger partial charge in [-0.1, -0.05) is 90.4 Å². The van der Waals surface area contributed by atoms with Crippen LogP contribution in [0.15, 0.2) is 0 Å². The SMILES string of the molecule is CCCCCCCCCCCCCCCCOCC(COP(=O)(O)CCCC[NH+](C)C)OC(C)=O. The van der Waals surface area contributed by atoms with Crippen molar-refractivity contribution in [2.24, 2.45) is 0 Å². The van der Waals surface area contributed by atoms with Crippen LogP contribution in [0, 0.1) is 0 Å². The van der Waals surface area contributed by atoms with Crippen molar-refractivity contribution >= 4 is 13.6 Å². The highest BCUT2D eigenvalue weighted by Crippen LogP contribution is 2.42. The first-order valence-corrected chi connectivity index (χ1v) is 16.0. The van der Waals surface area contributed by atoms with Gasteiger partial charge in [0.25, 0.3) is 0 Å². The second kappa shape index (κ2) is 23.9. The third-order valence-electron chi connectivity index (χ3n) is 6.11. The highest BCUT2D eigenvalue weighted by molar-refractivity contribution is 7.52. The monoisotopic (exact) mass is 522 g/mol. The average Bonchev–Trinajstić information content (AvgIpc) is 2.79. The smallest absolute Gasteiger partial charge is 0.328 e. The number of nitrogens with one attached hydrogen (secondary N) is 1. The van der Waals surface area contributed by atoms with E-state index >= 15 is 0 Å². The number of esters is 1. The zero-order chi connectivity index (χ0) is 26.2. The maximum absolute atomic E-state index is 12.2. The van der Waals surface area contributed by atoms with Crippen molar-refractivity contribution in [1.29, 1.82) is 0 Å². The lowest BCUT2D eigenvalue weighted by Gasteiger charge is -2.19. The maximum atomic E-state index is 12.2. The molecule has 0 spiro atoms. The van der Waals surface area contributed by atoms with Crippen LogP contribution in [-0.4, -0.2) is 63.6 Å². The number of quaternary nitrogens is 1. The highest BCUT2D eigenvalue weighted by Gasteiger charge is 2.23. The van der Waals surface area contributed by atoms with Gasteiger partial charge in [0.05, 0.1) is 40.0 Å². The molecular weight excluding hydrogens is 465 g/mol. The first kappa shape index (κ1) is 34.5. The minimum atomic E-state index is -3.68. The molecule has 0 aromatic carbocycles. The molecule has 0 heterocycles. The molecule has 0 bridgehead atoms. The van der Waals surface area contributed by atoms with E-state index in [1.165, 1.54) is 88.9 Å². The molecule has 8 heteroatoms. The van der Waals surface area contributed by atoms with Gasteiger partial charge in [0.15, 0.2) is 0 Å². The topological polar surface area (TPSA) is 86.5 Å². The van der Waals surface area contributed by atoms with Crippen molar-refractivity contribution in [2.45, 2.75) is 123 Å². The molecule has 0 saturated heterocycles. The van der Waals surface area contributed by atoms with Gasteiger partial charge in [-0.15, -0.1) is 0 Å². The minimum Gasteiger partial charge on any atom is -0.458 e. The molecule has 35 heavy (non-hydrogen) atoms. The Kier molecular flexibility index (Phi) is 23.6. The van der Waals surface area contributed by atoms with E-state index in [1.807, 2.05) is 0 Å². The molecule has 0 aromatic rings. The Labute approximate surface area is 216 Å². The molecule has 0 aromatic heterocycles. The lowest BCUT2D eigenvalue weighted by Crippen LogP contribution is -3.05. The quantitative estimate of drug-likeness (QED) is 0.0881. The van der Waals surface area contributed by atoms with E-state index in [0.717, 1.165) is 25.8 Å². The van der Waals surface area contributed by atoms with E-state index in [9.17, 15) is 14.3 Å². The molecule has 2 N–H and O–H groups in total. The standard InChI is InChI=1S/C27H56NO6P/c1-5-6-7-8-9-10-11-12-13-14-15-16-17-19-22-32-24-27(34-26(2)29)25-33-35(30,31)23-20-18-21-28(3)4/h27H,5-25H2,1-4H3,(H,30,31)/p+1. The van der Waals surface area contributed by atoms with Crippen LogP contribution in [0.2, 0.25) is 0 Å². The molecule has 7 nitrogen and oxygen atoms in total. The number of hydrogen-bond acceptors (Lipinski definition) is 5. The summed E-state index contributed by atoms with van der Waals surface area (Å²) in [5, 5.41) is 0. The summed E-state index contributed by atoms with van der Waals surface area (Å²) < 4.78 is 28.3. The Morgan fingerprint density at radius 3 is 1.80 bits per heavy atom. The molecule has 0 aliphatic heterocycles. The molecule has 0 rings (SSSR count). The fraction of sp³-hybridized carbons (Fsp3) is 0.963. The van der Waals surface area contributed by atoms with Gasteiger partial charge in [0.1, 0.15) is 6.10 Å². The van der Waals surface area contributed by atoms with Gasteiger partial charge in [-0.2, -0.15) is 0 Å². The van der Waals surface area contributed by atoms with E-state index in [-0.39, 0.29) is 19.4 Å². The first-order chi connectivity index (χ1) is 16.8. The zero-order valence-electron chi connectivity index (χ0n) is 23.4. The fourth-order valence-electron chi connectivity index (χ4n) is 4.02. The predicted molar refractivity (Wildman–Crippen MR) is 144 cm³/mol. The summed E-state index contributed by atoms with van der Waals surface area (Å²) in [6.07, 6.45) is 19.3. The van der Waals surface area contributed by atoms with Crippen molar-refractivity contribution in [3.05, 3.63) is 0 Å². The number of carbonyl (C=O) groups is 1. The Morgan fingerprint density at radius 2 is 1.31 bits per heavy atom. The van der Waals surface area contributed by atoms with Crippen LogP contribution < -0.4 is 4.90 Å². The third kappa shape index (κ3) is 26.4. The van der Waals surface area contributed by atoms with Gasteiger partial charge >= 0.3 is 13.6 Å². The molecule has 0 aliphatic carbocycles. The fourth-order valence-corrected chi connectivity index (χ4v) is 5.17. The molecule has 0 fully saturated rings. The van der Waals surface area contributed by atoms with Gasteiger partial charge < -0.3 is 23.8 Å². The van der Waals surface area contributed by atoms with Crippen LogP contribution >= 0.6 is 7.60 Å². The number of rotatable bonds is 26. The van der Waals surface area contributed by atoms with Gasteiger partial charge in [0, 0.05) is 13.5 Å². The third-order valence-corrected chi connectivity index (χ3v) is 7.54. The normalized spacial score (nSPS) is 14.2. The number of hydrogen-bond donors (Lipinski definition) is 2. The van der Waals surface area contributed by atoms with Gasteiger partial charge in [0.2, 0.25) is 0 Å². The van der Waals surface area contributed by atoms with Crippen LogP contribution in [0.3, 0.4) is 0 Å². The van der Waals surface area contributed by atoms with E-state index in [0.29, 0.717) is 13.0 Å². The number of unbranched alkanes of at least 4 members (excludes halogenated alkanes) is 14. The minimum absolute atomic E-state index is 0.118. The molecule has 0 amide bonds. The van der Waals surface area contributed by atoms with Crippen LogP contribution in [0.1, 0.15) is 117 Å². The molecule has 0 saturated carbocycles. The molecule has 0 aliphatic rings. The number of carbonyl (C=O) groups excluding carboxylic acids is 1. The van der Waals surface area contributed by atoms with Crippen molar-refractivity contribution < 1.29 is 33.2 Å². The lowest BCUT2D eigenvalue weighted by atomic mass is 10.0. The summed E-state index contributed by atoms with van der Waals surface area (Å²) in [7, 11) is 0.424. The van der Waals surface area contributed by atoms with Crippen LogP contribution in [-0.2, 0) is 23.4 Å². The van der Waals surface area contributed by atoms with Crippen LogP contribution in [0.5, 0.6) is 0 Å². The predicted octanol–water partition coefficient (Wildman–Crippen LogP) is 5.54. The second-order valence-corrected chi connectivity index (χ2v) is 12.2. The summed E-state index contributed by atoms with van der Waals surface area (Å²) in [5.41, 5.74) is 0. The van der Waals surface area contributed by atoms with Crippen molar-refractivity contribution in [1.82, 2.24) is 0 Å². The van der Waals surface area contributed by atoms with E-state index < -0.39 is 19.7 Å². The maximum Gasteiger partial charge on any atom is 0.328 e. The summed E-state index contributed by atoms with van der Waals surface area (Å²) in [4.78, 5) is 22.7. The van der Waals surface area contributed by atoms with Crippen molar-refractivity contribution in [3.8, 4) is 0 Å². The summed E-state index contributed by atoms with van der Waals surface area (Å²) in [6, 6.07) is 0. The first-order valence-electron chi connectivity index (χ1n) is 14.3. The largest absolute Gasteiger partial charge is 0.458 e. The summed E-state index contributed by atoms with van der Waals surface area (Å²) in [6.45, 7) is 5.19.